The molecule has 3 rings (SSSR count). The number of nitrogens with one attached hydrogen (secondary N) is 2. The predicted octanol–water partition coefficient (Wildman–Crippen LogP) is 2.73. The van der Waals surface area contributed by atoms with Gasteiger partial charge in [-0.3, -0.25) is 14.4 Å². The van der Waals surface area contributed by atoms with Gasteiger partial charge in [-0.2, -0.15) is 0 Å². The van der Waals surface area contributed by atoms with Gasteiger partial charge in [-0.15, -0.1) is 11.8 Å². The molecular weight excluding hydrogens is 352 g/mol. The van der Waals surface area contributed by atoms with Crippen LogP contribution >= 0.6 is 11.8 Å². The topological polar surface area (TPSA) is 84.5 Å². The molecule has 0 bridgehead atoms. The van der Waals surface area contributed by atoms with E-state index in [2.05, 4.69) is 10.6 Å². The number of ether oxygens (including phenoxy) is 1. The van der Waals surface area contributed by atoms with Gasteiger partial charge >= 0.3 is 5.97 Å². The summed E-state index contributed by atoms with van der Waals surface area (Å²) in [5, 5.41) is 5.08. The molecule has 0 saturated heterocycles. The highest BCUT2D eigenvalue weighted by molar-refractivity contribution is 8.01. The molecule has 1 atom stereocenters. The van der Waals surface area contributed by atoms with Crippen LogP contribution in [0.15, 0.2) is 29.2 Å². The fraction of sp³-hybridized carbons (Fsp3) is 0.526. The lowest BCUT2D eigenvalue weighted by Gasteiger charge is -2.23. The second kappa shape index (κ2) is 9.07. The Balaban J connectivity index is 1.38. The summed E-state index contributed by atoms with van der Waals surface area (Å²) in [7, 11) is 0. The molecule has 2 aliphatic rings. The van der Waals surface area contributed by atoms with Crippen LogP contribution in [0.4, 0.5) is 5.69 Å². The normalized spacial score (nSPS) is 20.0. The van der Waals surface area contributed by atoms with Crippen LogP contribution in [0.5, 0.6) is 0 Å². The minimum Gasteiger partial charge on any atom is -0.456 e. The summed E-state index contributed by atoms with van der Waals surface area (Å²) in [6.07, 6.45) is 5.96. The van der Waals surface area contributed by atoms with E-state index < -0.39 is 11.2 Å². The lowest BCUT2D eigenvalue weighted by atomic mass is 9.89. The lowest BCUT2D eigenvalue weighted by molar-refractivity contribution is -0.149. The molecule has 26 heavy (non-hydrogen) atoms. The largest absolute Gasteiger partial charge is 0.456 e. The second-order valence-electron chi connectivity index (χ2n) is 6.76. The van der Waals surface area contributed by atoms with Crippen LogP contribution in [0, 0.1) is 5.92 Å². The molecule has 0 radical (unpaired) electrons. The van der Waals surface area contributed by atoms with Crippen molar-refractivity contribution in [1.29, 1.82) is 0 Å². The molecule has 1 aromatic rings. The smallest absolute Gasteiger partial charge is 0.307 e. The van der Waals surface area contributed by atoms with Crippen LogP contribution < -0.4 is 10.6 Å². The first kappa shape index (κ1) is 18.8. The molecule has 1 aliphatic heterocycles. The first-order valence-electron chi connectivity index (χ1n) is 9.10. The monoisotopic (exact) mass is 376 g/mol. The van der Waals surface area contributed by atoms with Crippen LogP contribution in [0.1, 0.15) is 38.5 Å². The van der Waals surface area contributed by atoms with Gasteiger partial charge in [0.25, 0.3) is 5.91 Å². The summed E-state index contributed by atoms with van der Waals surface area (Å²) < 4.78 is 5.04. The van der Waals surface area contributed by atoms with Crippen molar-refractivity contribution >= 4 is 35.2 Å². The third-order valence-electron chi connectivity index (χ3n) is 4.74. The number of amides is 2. The highest BCUT2D eigenvalue weighted by Gasteiger charge is 2.29. The molecule has 0 spiro atoms. The third-order valence-corrected chi connectivity index (χ3v) is 6.01. The Morgan fingerprint density at radius 3 is 2.77 bits per heavy atom. The van der Waals surface area contributed by atoms with Gasteiger partial charge < -0.3 is 15.4 Å². The summed E-state index contributed by atoms with van der Waals surface area (Å²) in [4.78, 5) is 36.8. The van der Waals surface area contributed by atoms with E-state index in [4.69, 9.17) is 4.74 Å². The average molecular weight is 376 g/mol. The summed E-state index contributed by atoms with van der Waals surface area (Å²) in [5.74, 6) is -0.502. The van der Waals surface area contributed by atoms with Gasteiger partial charge in [0.05, 0.1) is 17.4 Å². The number of thioether (sulfide) groups is 1. The standard InChI is InChI=1S/C19H24N2O4S/c22-17(20-11-13-6-2-1-3-7-13)12-25-18(23)10-16-19(24)21-14-8-4-5-9-15(14)26-16/h4-5,8-9,13,16H,1-3,6-7,10-12H2,(H,20,22)(H,21,24)/t16-/m0/s1. The molecule has 140 valence electrons. The van der Waals surface area contributed by atoms with E-state index in [0.717, 1.165) is 23.4 Å². The second-order valence-corrected chi connectivity index (χ2v) is 8.01. The van der Waals surface area contributed by atoms with Gasteiger partial charge in [0, 0.05) is 11.4 Å². The number of carbonyl (C=O) groups is 3. The fourth-order valence-electron chi connectivity index (χ4n) is 3.28. The number of benzene rings is 1. The van der Waals surface area contributed by atoms with Crippen LogP contribution in [-0.4, -0.2) is 36.2 Å². The average Bonchev–Trinajstić information content (AvgIpc) is 2.66. The fourth-order valence-corrected chi connectivity index (χ4v) is 4.38. The maximum Gasteiger partial charge on any atom is 0.307 e. The van der Waals surface area contributed by atoms with Crippen molar-refractivity contribution in [2.45, 2.75) is 48.7 Å². The summed E-state index contributed by atoms with van der Waals surface area (Å²) in [6, 6.07) is 7.46. The highest BCUT2D eigenvalue weighted by Crippen LogP contribution is 2.36. The van der Waals surface area contributed by atoms with Gasteiger partial charge in [0.2, 0.25) is 5.91 Å². The molecule has 0 aromatic heterocycles. The van der Waals surface area contributed by atoms with Crippen molar-refractivity contribution < 1.29 is 19.1 Å². The van der Waals surface area contributed by atoms with Crippen LogP contribution in [0.25, 0.3) is 0 Å². The maximum atomic E-state index is 12.1. The van der Waals surface area contributed by atoms with Gasteiger partial charge in [-0.25, -0.2) is 0 Å². The van der Waals surface area contributed by atoms with E-state index in [1.165, 1.54) is 31.0 Å². The zero-order valence-electron chi connectivity index (χ0n) is 14.7. The Labute approximate surface area is 157 Å². The molecule has 2 amide bonds. The van der Waals surface area contributed by atoms with Crippen molar-refractivity contribution in [1.82, 2.24) is 5.32 Å². The van der Waals surface area contributed by atoms with Crippen LogP contribution in [0.2, 0.25) is 0 Å². The van der Waals surface area contributed by atoms with Gasteiger partial charge in [0.15, 0.2) is 6.61 Å². The number of carbonyl (C=O) groups excluding carboxylic acids is 3. The number of esters is 1. The maximum absolute atomic E-state index is 12.1. The molecule has 1 aromatic carbocycles. The Kier molecular flexibility index (Phi) is 6.55. The van der Waals surface area contributed by atoms with E-state index >= 15 is 0 Å². The molecule has 0 unspecified atom stereocenters. The zero-order valence-corrected chi connectivity index (χ0v) is 15.5. The van der Waals surface area contributed by atoms with E-state index in [0.29, 0.717) is 12.5 Å². The van der Waals surface area contributed by atoms with Gasteiger partial charge in [0.1, 0.15) is 0 Å². The summed E-state index contributed by atoms with van der Waals surface area (Å²) >= 11 is 1.34. The first-order valence-corrected chi connectivity index (χ1v) is 9.98. The van der Waals surface area contributed by atoms with Crippen molar-refractivity contribution in [3.63, 3.8) is 0 Å². The minimum absolute atomic E-state index is 0.0548. The van der Waals surface area contributed by atoms with E-state index in [1.54, 1.807) is 0 Å². The van der Waals surface area contributed by atoms with Crippen molar-refractivity contribution in [2.75, 3.05) is 18.5 Å². The van der Waals surface area contributed by atoms with Gasteiger partial charge in [-0.05, 0) is 30.9 Å². The number of para-hydroxylation sites is 1. The summed E-state index contributed by atoms with van der Waals surface area (Å²) in [6.45, 7) is 0.356. The van der Waals surface area contributed by atoms with Crippen molar-refractivity contribution in [3.05, 3.63) is 24.3 Å². The number of fused-ring (bicyclic) bond motifs is 1. The number of rotatable bonds is 6. The van der Waals surface area contributed by atoms with Crippen LogP contribution in [-0.2, 0) is 19.1 Å². The Hall–Kier alpha value is -2.02. The van der Waals surface area contributed by atoms with E-state index in [-0.39, 0.29) is 24.8 Å². The molecule has 1 heterocycles. The number of anilines is 1. The predicted molar refractivity (Wildman–Crippen MR) is 99.9 cm³/mol. The first-order chi connectivity index (χ1) is 12.6. The molecule has 7 heteroatoms. The molecular formula is C19H24N2O4S. The molecule has 6 nitrogen and oxygen atoms in total. The summed E-state index contributed by atoms with van der Waals surface area (Å²) in [5.41, 5.74) is 0.759. The molecule has 1 fully saturated rings. The van der Waals surface area contributed by atoms with Gasteiger partial charge in [-0.1, -0.05) is 31.4 Å². The molecule has 2 N–H and O–H groups in total. The number of hydrogen-bond acceptors (Lipinski definition) is 5. The Morgan fingerprint density at radius 1 is 1.19 bits per heavy atom. The third kappa shape index (κ3) is 5.24. The van der Waals surface area contributed by atoms with Crippen molar-refractivity contribution in [2.24, 2.45) is 5.92 Å². The van der Waals surface area contributed by atoms with Crippen molar-refractivity contribution in [3.8, 4) is 0 Å². The molecule has 1 saturated carbocycles. The van der Waals surface area contributed by atoms with E-state index in [9.17, 15) is 14.4 Å². The van der Waals surface area contributed by atoms with Crippen LogP contribution in [0.3, 0.4) is 0 Å². The number of hydrogen-bond donors (Lipinski definition) is 2. The SMILES string of the molecule is O=C(COC(=O)C[C@@H]1Sc2ccccc2NC1=O)NCC1CCCCC1. The van der Waals surface area contributed by atoms with E-state index in [1.807, 2.05) is 24.3 Å². The molecule has 1 aliphatic carbocycles. The zero-order chi connectivity index (χ0) is 18.4. The lowest BCUT2D eigenvalue weighted by Crippen LogP contribution is -2.35. The minimum atomic E-state index is -0.539. The Morgan fingerprint density at radius 2 is 1.96 bits per heavy atom. The highest BCUT2D eigenvalue weighted by atomic mass is 32.2. The Bertz CT molecular complexity index is 673. The quantitative estimate of drug-likeness (QED) is 0.746.